The van der Waals surface area contributed by atoms with Gasteiger partial charge in [0.25, 0.3) is 0 Å². The maximum absolute atomic E-state index is 10.2. The van der Waals surface area contributed by atoms with Crippen molar-refractivity contribution in [1.29, 1.82) is 0 Å². The summed E-state index contributed by atoms with van der Waals surface area (Å²) in [7, 11) is 0. The Kier molecular flexibility index (Phi) is 29.4. The van der Waals surface area contributed by atoms with Crippen molar-refractivity contribution in [2.45, 2.75) is 13.0 Å². The first-order chi connectivity index (χ1) is 13.5. The topological polar surface area (TPSA) is 368 Å². The second kappa shape index (κ2) is 22.6. The minimum Gasteiger partial charge on any atom is -0.543 e. The first kappa shape index (κ1) is 44.2. The third-order valence-electron chi connectivity index (χ3n) is 2.83. The normalized spacial score (nSPS) is 8.79. The predicted octanol–water partition coefficient (Wildman–Crippen LogP) is -9.83. The molecule has 2 heterocycles. The Balaban J connectivity index is -0.0000000860. The Morgan fingerprint density at radius 1 is 0.706 bits per heavy atom. The van der Waals surface area contributed by atoms with Crippen LogP contribution in [0.1, 0.15) is 48.9 Å². The molecular weight excluding hydrogens is 511 g/mol. The van der Waals surface area contributed by atoms with Gasteiger partial charge in [-0.1, -0.05) is 12.1 Å². The van der Waals surface area contributed by atoms with Gasteiger partial charge in [0, 0.05) is 0 Å². The number of pyridine rings is 2. The average molecular weight is 537 g/mol. The van der Waals surface area contributed by atoms with Gasteiger partial charge in [0.1, 0.15) is 12.6 Å². The molecule has 0 aliphatic heterocycles. The van der Waals surface area contributed by atoms with Crippen LogP contribution in [0.5, 0.6) is 0 Å². The Bertz CT molecular complexity index is 757. The summed E-state index contributed by atoms with van der Waals surface area (Å²) in [5, 5.41) is 40.8. The molecule has 0 spiro atoms. The fourth-order valence-corrected chi connectivity index (χ4v) is 1.32. The van der Waals surface area contributed by atoms with E-state index in [1.165, 1.54) is 12.1 Å². The molecular formula is C17H26N4NiO12. The van der Waals surface area contributed by atoms with E-state index in [2.05, 4.69) is 21.4 Å². The van der Waals surface area contributed by atoms with Crippen LogP contribution in [0.4, 0.5) is 0 Å². The maximum Gasteiger partial charge on any atom is 2.00 e. The molecule has 17 heteroatoms. The van der Waals surface area contributed by atoms with Gasteiger partial charge in [-0.2, -0.15) is 0 Å². The van der Waals surface area contributed by atoms with Crippen molar-refractivity contribution in [3.63, 3.8) is 0 Å². The molecule has 0 saturated carbocycles. The van der Waals surface area contributed by atoms with Crippen LogP contribution < -0.4 is 31.9 Å². The number of hydrogen-bond donors (Lipinski definition) is 2. The number of hydrogen-bond acceptors (Lipinski definition) is 10. The number of quaternary nitrogens is 2. The third-order valence-corrected chi connectivity index (χ3v) is 2.83. The van der Waals surface area contributed by atoms with Crippen LogP contribution in [0.25, 0.3) is 0 Å². The minimum atomic E-state index is -1.52. The fraction of sp³-hybridized carbons (Fsp3) is 0.176. The molecule has 196 valence electrons. The first-order valence-electron chi connectivity index (χ1n) is 7.91. The van der Waals surface area contributed by atoms with E-state index in [0.29, 0.717) is 6.04 Å². The van der Waals surface area contributed by atoms with Crippen LogP contribution in [0.3, 0.4) is 0 Å². The van der Waals surface area contributed by atoms with Gasteiger partial charge in [-0.25, -0.2) is 9.97 Å². The molecule has 0 unspecified atom stereocenters. The number of aromatic carboxylic acids is 4. The molecule has 1 atom stereocenters. The summed E-state index contributed by atoms with van der Waals surface area (Å²) >= 11 is 0. The van der Waals surface area contributed by atoms with Crippen LogP contribution in [0.2, 0.25) is 0 Å². The number of carbonyl (C=O) groups excluding carboxylic acids is 4. The van der Waals surface area contributed by atoms with E-state index in [1.807, 2.05) is 6.92 Å². The van der Waals surface area contributed by atoms with Gasteiger partial charge in [-0.3, -0.25) is 0 Å². The van der Waals surface area contributed by atoms with E-state index in [4.69, 9.17) is 0 Å². The molecule has 34 heavy (non-hydrogen) atoms. The average Bonchev–Trinajstić information content (AvgIpc) is 2.69. The summed E-state index contributed by atoms with van der Waals surface area (Å²) in [6.45, 7) is 2.99. The molecule has 14 N–H and O–H groups in total. The molecule has 0 saturated heterocycles. The van der Waals surface area contributed by atoms with Crippen LogP contribution in [0, 0.1) is 0 Å². The van der Waals surface area contributed by atoms with E-state index >= 15 is 0 Å². The molecule has 0 amide bonds. The number of carboxylic acids is 4. The summed E-state index contributed by atoms with van der Waals surface area (Å²) in [5.74, 6) is -6.06. The summed E-state index contributed by atoms with van der Waals surface area (Å²) < 4.78 is 0. The molecule has 0 aromatic carbocycles. The molecule has 0 bridgehead atoms. The van der Waals surface area contributed by atoms with Crippen molar-refractivity contribution in [3.05, 3.63) is 59.2 Å². The van der Waals surface area contributed by atoms with E-state index in [-0.39, 0.29) is 38.4 Å². The minimum absolute atomic E-state index is 0. The van der Waals surface area contributed by atoms with Gasteiger partial charge >= 0.3 is 16.5 Å². The van der Waals surface area contributed by atoms with E-state index < -0.39 is 46.7 Å². The molecule has 0 aliphatic carbocycles. The summed E-state index contributed by atoms with van der Waals surface area (Å²) in [4.78, 5) is 47.3. The molecule has 0 radical (unpaired) electrons. The standard InChI is InChI=1S/2C7H5NO4.C3H10N2.Ni.4H2O/c2*9-6(10)4-2-1-3-5(8-4)7(11)12;1-3(5)2-4;;;;;/h2*1-3H,(H,9,10)(H,11,12);3H,2,4-5H2,1H3;;4*1H2/q;;;+2;;;;/p-2/t;;3-;;;;;/m..1...../s1. The predicted molar refractivity (Wildman–Crippen MR) is 100 cm³/mol. The monoisotopic (exact) mass is 536 g/mol. The molecule has 2 rings (SSSR count). The Labute approximate surface area is 202 Å². The number of nitrogens with zero attached hydrogens (tertiary/aromatic N) is 2. The van der Waals surface area contributed by atoms with Crippen LogP contribution >= 0.6 is 0 Å². The number of aromatic nitrogens is 2. The number of rotatable bonds is 5. The van der Waals surface area contributed by atoms with Crippen molar-refractivity contribution in [1.82, 2.24) is 9.97 Å². The second-order valence-electron chi connectivity index (χ2n) is 5.36. The Morgan fingerprint density at radius 3 is 1.00 bits per heavy atom. The SMILES string of the molecule is C[C@@H]([NH3+])C[NH3+].O.O.O.O.O=C([O-])c1cccc(C(=O)[O-])n1.O=C([O-])c1cccc(C(=O)[O-])n1.[Ni+2]. The smallest absolute Gasteiger partial charge is 0.543 e. The Morgan fingerprint density at radius 2 is 0.882 bits per heavy atom. The zero-order chi connectivity index (χ0) is 22.6. The van der Waals surface area contributed by atoms with Crippen molar-refractivity contribution in [2.75, 3.05) is 6.54 Å². The Hall–Kier alpha value is -3.57. The van der Waals surface area contributed by atoms with Crippen molar-refractivity contribution in [3.8, 4) is 0 Å². The quantitative estimate of drug-likeness (QED) is 0.339. The van der Waals surface area contributed by atoms with Gasteiger partial charge in [0.2, 0.25) is 0 Å². The molecule has 2 aromatic rings. The van der Waals surface area contributed by atoms with Crippen molar-refractivity contribution < 1.29 is 89.5 Å². The van der Waals surface area contributed by atoms with Crippen LogP contribution in [-0.4, -0.2) is 68.3 Å². The van der Waals surface area contributed by atoms with E-state index in [9.17, 15) is 39.6 Å². The van der Waals surface area contributed by atoms with Gasteiger partial charge in [-0.05, 0) is 31.2 Å². The maximum atomic E-state index is 10.2. The molecule has 0 aliphatic rings. The summed E-state index contributed by atoms with van der Waals surface area (Å²) in [5.41, 5.74) is 5.64. The summed E-state index contributed by atoms with van der Waals surface area (Å²) in [6.07, 6.45) is 0. The van der Waals surface area contributed by atoms with E-state index in [0.717, 1.165) is 30.8 Å². The summed E-state index contributed by atoms with van der Waals surface area (Å²) in [6, 6.07) is 7.59. The third kappa shape index (κ3) is 18.0. The van der Waals surface area contributed by atoms with Crippen molar-refractivity contribution in [2.24, 2.45) is 0 Å². The van der Waals surface area contributed by atoms with Gasteiger partial charge in [0.15, 0.2) is 0 Å². The first-order valence-corrected chi connectivity index (χ1v) is 7.91. The van der Waals surface area contributed by atoms with Gasteiger partial charge < -0.3 is 73.0 Å². The molecule has 2 aromatic heterocycles. The molecule has 0 fully saturated rings. The zero-order valence-corrected chi connectivity index (χ0v) is 18.6. The fourth-order valence-electron chi connectivity index (χ4n) is 1.32. The van der Waals surface area contributed by atoms with Crippen LogP contribution in [-0.2, 0) is 16.5 Å². The molecule has 16 nitrogen and oxygen atoms in total. The van der Waals surface area contributed by atoms with E-state index in [1.54, 1.807) is 0 Å². The van der Waals surface area contributed by atoms with Gasteiger partial charge in [-0.15, -0.1) is 0 Å². The van der Waals surface area contributed by atoms with Crippen molar-refractivity contribution >= 4 is 23.9 Å². The zero-order valence-electron chi connectivity index (χ0n) is 17.6. The largest absolute Gasteiger partial charge is 2.00 e. The number of carbonyl (C=O) groups is 4. The van der Waals surface area contributed by atoms with Gasteiger partial charge in [0.05, 0.1) is 46.7 Å². The van der Waals surface area contributed by atoms with Crippen LogP contribution in [0.15, 0.2) is 36.4 Å². The second-order valence-corrected chi connectivity index (χ2v) is 5.36. The number of carboxylic acid groups (broad SMARTS) is 4.